The second-order valence-corrected chi connectivity index (χ2v) is 6.58. The lowest BCUT2D eigenvalue weighted by Crippen LogP contribution is -2.45. The molecule has 1 aromatic rings. The van der Waals surface area contributed by atoms with Crippen molar-refractivity contribution in [3.63, 3.8) is 0 Å². The lowest BCUT2D eigenvalue weighted by Gasteiger charge is -2.34. The first-order valence-electron chi connectivity index (χ1n) is 7.88. The summed E-state index contributed by atoms with van der Waals surface area (Å²) in [6, 6.07) is 2.00. The summed E-state index contributed by atoms with van der Waals surface area (Å²) in [5.41, 5.74) is 1.33. The van der Waals surface area contributed by atoms with Crippen LogP contribution in [0.15, 0.2) is 6.07 Å². The quantitative estimate of drug-likeness (QED) is 0.872. The maximum absolute atomic E-state index is 11.9. The Kier molecular flexibility index (Phi) is 5.04. The predicted octanol–water partition coefficient (Wildman–Crippen LogP) is 1.95. The molecule has 2 rings (SSSR count). The van der Waals surface area contributed by atoms with Gasteiger partial charge >= 0.3 is 0 Å². The Balaban J connectivity index is 1.73. The first-order chi connectivity index (χ1) is 9.88. The topological polar surface area (TPSA) is 67.2 Å². The van der Waals surface area contributed by atoms with Crippen molar-refractivity contribution >= 4 is 5.91 Å². The Labute approximate surface area is 126 Å². The van der Waals surface area contributed by atoms with Crippen LogP contribution in [0.1, 0.15) is 50.4 Å². The van der Waals surface area contributed by atoms with Crippen LogP contribution in [0.5, 0.6) is 0 Å². The smallest absolute Gasteiger partial charge is 0.221 e. The van der Waals surface area contributed by atoms with Crippen molar-refractivity contribution in [2.45, 2.75) is 65.0 Å². The van der Waals surface area contributed by atoms with E-state index in [9.17, 15) is 9.90 Å². The van der Waals surface area contributed by atoms with Crippen molar-refractivity contribution in [1.82, 2.24) is 15.1 Å². The highest BCUT2D eigenvalue weighted by Gasteiger charge is 2.31. The summed E-state index contributed by atoms with van der Waals surface area (Å²) in [5, 5.41) is 17.7. The van der Waals surface area contributed by atoms with E-state index in [1.807, 2.05) is 24.6 Å². The van der Waals surface area contributed by atoms with Crippen LogP contribution in [0.2, 0.25) is 0 Å². The molecule has 1 heterocycles. The van der Waals surface area contributed by atoms with E-state index < -0.39 is 5.60 Å². The molecule has 0 aliphatic heterocycles. The van der Waals surface area contributed by atoms with Crippen molar-refractivity contribution in [3.05, 3.63) is 17.5 Å². The fourth-order valence-corrected chi connectivity index (χ4v) is 2.94. The molecule has 0 atom stereocenters. The maximum atomic E-state index is 11.9. The van der Waals surface area contributed by atoms with Crippen molar-refractivity contribution in [3.8, 4) is 0 Å². The molecule has 1 aromatic heterocycles. The maximum Gasteiger partial charge on any atom is 0.221 e. The zero-order valence-corrected chi connectivity index (χ0v) is 13.4. The molecule has 1 aliphatic carbocycles. The zero-order chi connectivity index (χ0) is 15.5. The van der Waals surface area contributed by atoms with E-state index in [0.717, 1.165) is 37.1 Å². The van der Waals surface area contributed by atoms with Crippen molar-refractivity contribution in [1.29, 1.82) is 0 Å². The number of aromatic nitrogens is 2. The van der Waals surface area contributed by atoms with Gasteiger partial charge in [-0.15, -0.1) is 0 Å². The number of hydrogen-bond acceptors (Lipinski definition) is 3. The SMILES string of the molecule is Cc1cc(C)n(CCC(=O)NCC2(O)CCC(C)CC2)n1. The lowest BCUT2D eigenvalue weighted by atomic mass is 9.79. The summed E-state index contributed by atoms with van der Waals surface area (Å²) < 4.78 is 1.85. The molecule has 0 radical (unpaired) electrons. The van der Waals surface area contributed by atoms with E-state index in [1.165, 1.54) is 0 Å². The van der Waals surface area contributed by atoms with Crippen molar-refractivity contribution < 1.29 is 9.90 Å². The van der Waals surface area contributed by atoms with E-state index in [1.54, 1.807) is 0 Å². The number of carbonyl (C=O) groups excluding carboxylic acids is 1. The van der Waals surface area contributed by atoms with Crippen LogP contribution in [0.4, 0.5) is 0 Å². The molecular formula is C16H27N3O2. The molecule has 5 heteroatoms. The normalized spacial score (nSPS) is 25.8. The number of carbonyl (C=O) groups is 1. The number of aliphatic hydroxyl groups is 1. The van der Waals surface area contributed by atoms with E-state index in [0.29, 0.717) is 25.4 Å². The van der Waals surface area contributed by atoms with Gasteiger partial charge in [0, 0.05) is 25.2 Å². The van der Waals surface area contributed by atoms with Crippen LogP contribution >= 0.6 is 0 Å². The van der Waals surface area contributed by atoms with Crippen LogP contribution in [0, 0.1) is 19.8 Å². The minimum Gasteiger partial charge on any atom is -0.388 e. The van der Waals surface area contributed by atoms with E-state index in [4.69, 9.17) is 0 Å². The molecule has 0 saturated heterocycles. The average Bonchev–Trinajstić information content (AvgIpc) is 2.76. The Morgan fingerprint density at radius 3 is 2.71 bits per heavy atom. The van der Waals surface area contributed by atoms with Gasteiger partial charge in [0.2, 0.25) is 5.91 Å². The van der Waals surface area contributed by atoms with Crippen LogP contribution in [0.25, 0.3) is 0 Å². The van der Waals surface area contributed by atoms with Crippen LogP contribution in [-0.2, 0) is 11.3 Å². The molecule has 1 amide bonds. The third-order valence-corrected chi connectivity index (χ3v) is 4.47. The highest BCUT2D eigenvalue weighted by molar-refractivity contribution is 5.75. The Morgan fingerprint density at radius 2 is 2.14 bits per heavy atom. The van der Waals surface area contributed by atoms with Crippen molar-refractivity contribution in [2.24, 2.45) is 5.92 Å². The van der Waals surface area contributed by atoms with E-state index >= 15 is 0 Å². The summed E-state index contributed by atoms with van der Waals surface area (Å²) in [6.45, 7) is 7.11. The number of nitrogens with zero attached hydrogens (tertiary/aromatic N) is 2. The minimum atomic E-state index is -0.708. The monoisotopic (exact) mass is 293 g/mol. The molecule has 0 unspecified atom stereocenters. The summed E-state index contributed by atoms with van der Waals surface area (Å²) >= 11 is 0. The largest absolute Gasteiger partial charge is 0.388 e. The molecule has 2 N–H and O–H groups in total. The molecule has 118 valence electrons. The van der Waals surface area contributed by atoms with Gasteiger partial charge in [0.25, 0.3) is 0 Å². The number of aryl methyl sites for hydroxylation is 3. The van der Waals surface area contributed by atoms with Gasteiger partial charge in [-0.25, -0.2) is 0 Å². The highest BCUT2D eigenvalue weighted by atomic mass is 16.3. The van der Waals surface area contributed by atoms with Gasteiger partial charge in [0.15, 0.2) is 0 Å². The lowest BCUT2D eigenvalue weighted by molar-refractivity contribution is -0.123. The summed E-state index contributed by atoms with van der Waals surface area (Å²) in [7, 11) is 0. The molecule has 1 aliphatic rings. The zero-order valence-electron chi connectivity index (χ0n) is 13.4. The molecule has 1 saturated carbocycles. The fraction of sp³-hybridized carbons (Fsp3) is 0.750. The Morgan fingerprint density at radius 1 is 1.48 bits per heavy atom. The second kappa shape index (κ2) is 6.60. The van der Waals surface area contributed by atoms with Crippen LogP contribution in [-0.4, -0.2) is 32.9 Å². The van der Waals surface area contributed by atoms with Gasteiger partial charge in [-0.2, -0.15) is 5.10 Å². The molecule has 5 nitrogen and oxygen atoms in total. The summed E-state index contributed by atoms with van der Waals surface area (Å²) in [4.78, 5) is 11.9. The fourth-order valence-electron chi connectivity index (χ4n) is 2.94. The predicted molar refractivity (Wildman–Crippen MR) is 81.9 cm³/mol. The average molecular weight is 293 g/mol. The van der Waals surface area contributed by atoms with Gasteiger partial charge in [-0.3, -0.25) is 9.48 Å². The van der Waals surface area contributed by atoms with Gasteiger partial charge in [-0.1, -0.05) is 6.92 Å². The summed E-state index contributed by atoms with van der Waals surface area (Å²) in [5.74, 6) is 0.668. The molecule has 0 bridgehead atoms. The first-order valence-corrected chi connectivity index (χ1v) is 7.88. The standard InChI is InChI=1S/C16H27N3O2/c1-12-4-7-16(21,8-5-12)11-17-15(20)6-9-19-14(3)10-13(2)18-19/h10,12,21H,4-9,11H2,1-3H3,(H,17,20). The van der Waals surface area contributed by atoms with Crippen LogP contribution in [0.3, 0.4) is 0 Å². The molecule has 1 fully saturated rings. The number of hydrogen-bond donors (Lipinski definition) is 2. The molecule has 0 spiro atoms. The molecule has 21 heavy (non-hydrogen) atoms. The first kappa shape index (κ1) is 16.0. The van der Waals surface area contributed by atoms with Crippen LogP contribution < -0.4 is 5.32 Å². The third kappa shape index (κ3) is 4.56. The Bertz CT molecular complexity index is 488. The number of rotatable bonds is 5. The molecular weight excluding hydrogens is 266 g/mol. The van der Waals surface area contributed by atoms with E-state index in [-0.39, 0.29) is 5.91 Å². The number of amides is 1. The van der Waals surface area contributed by atoms with Gasteiger partial charge < -0.3 is 10.4 Å². The third-order valence-electron chi connectivity index (χ3n) is 4.47. The van der Waals surface area contributed by atoms with Gasteiger partial charge in [0.05, 0.1) is 11.3 Å². The highest BCUT2D eigenvalue weighted by Crippen LogP contribution is 2.31. The second-order valence-electron chi connectivity index (χ2n) is 6.58. The van der Waals surface area contributed by atoms with E-state index in [2.05, 4.69) is 17.3 Å². The molecule has 0 aromatic carbocycles. The number of nitrogens with one attached hydrogen (secondary N) is 1. The Hall–Kier alpha value is -1.36. The van der Waals surface area contributed by atoms with Crippen molar-refractivity contribution in [2.75, 3.05) is 6.54 Å². The minimum absolute atomic E-state index is 0.0189. The van der Waals surface area contributed by atoms with Gasteiger partial charge in [-0.05, 0) is 51.5 Å². The summed E-state index contributed by atoms with van der Waals surface area (Å²) in [6.07, 6.45) is 4.04. The van der Waals surface area contributed by atoms with Gasteiger partial charge in [0.1, 0.15) is 0 Å².